The second kappa shape index (κ2) is 7.47. The molecule has 108 valence electrons. The van der Waals surface area contributed by atoms with E-state index < -0.39 is 0 Å². The lowest BCUT2D eigenvalue weighted by molar-refractivity contribution is -0.116. The predicted octanol–water partition coefficient (Wildman–Crippen LogP) is 1.03. The Kier molecular flexibility index (Phi) is 6.27. The molecule has 6 nitrogen and oxygen atoms in total. The van der Waals surface area contributed by atoms with Crippen LogP contribution in [0.1, 0.15) is 19.1 Å². The highest BCUT2D eigenvalue weighted by molar-refractivity contribution is 5.89. The number of hydrogen-bond donors (Lipinski definition) is 2. The number of rotatable bonds is 4. The number of aromatic nitrogens is 1. The van der Waals surface area contributed by atoms with Crippen LogP contribution in [0.2, 0.25) is 0 Å². The quantitative estimate of drug-likeness (QED) is 0.866. The Morgan fingerprint density at radius 3 is 3.11 bits per heavy atom. The minimum Gasteiger partial charge on any atom is -0.360 e. The van der Waals surface area contributed by atoms with Crippen molar-refractivity contribution >= 4 is 24.1 Å². The molecule has 1 unspecified atom stereocenters. The number of aryl methyl sites for hydroxylation is 1. The summed E-state index contributed by atoms with van der Waals surface area (Å²) in [4.78, 5) is 14.0. The first-order chi connectivity index (χ1) is 8.63. The van der Waals surface area contributed by atoms with Crippen LogP contribution >= 0.6 is 12.4 Å². The van der Waals surface area contributed by atoms with Crippen LogP contribution in [-0.4, -0.2) is 48.2 Å². The van der Waals surface area contributed by atoms with E-state index in [1.165, 1.54) is 0 Å². The molecule has 1 saturated heterocycles. The van der Waals surface area contributed by atoms with E-state index in [2.05, 4.69) is 27.6 Å². The summed E-state index contributed by atoms with van der Waals surface area (Å²) in [5.74, 6) is 1.17. The maximum absolute atomic E-state index is 11.7. The van der Waals surface area contributed by atoms with Crippen LogP contribution in [0.4, 0.5) is 5.82 Å². The lowest BCUT2D eigenvalue weighted by atomic mass is 10.2. The maximum Gasteiger partial charge on any atom is 0.226 e. The maximum atomic E-state index is 11.7. The lowest BCUT2D eigenvalue weighted by Crippen LogP contribution is -2.49. The third-order valence-electron chi connectivity index (χ3n) is 3.00. The zero-order valence-corrected chi connectivity index (χ0v) is 12.1. The van der Waals surface area contributed by atoms with Crippen LogP contribution in [0, 0.1) is 6.92 Å². The van der Waals surface area contributed by atoms with Gasteiger partial charge < -0.3 is 20.1 Å². The third-order valence-corrected chi connectivity index (χ3v) is 3.00. The summed E-state index contributed by atoms with van der Waals surface area (Å²) in [5.41, 5.74) is 0. The van der Waals surface area contributed by atoms with E-state index in [1.54, 1.807) is 13.0 Å². The molecule has 1 aliphatic heterocycles. The Morgan fingerprint density at radius 1 is 1.68 bits per heavy atom. The van der Waals surface area contributed by atoms with Gasteiger partial charge in [-0.15, -0.1) is 12.4 Å². The molecule has 1 aliphatic rings. The summed E-state index contributed by atoms with van der Waals surface area (Å²) in [5, 5.41) is 9.84. The standard InChI is InChI=1S/C12H20N4O2.ClH/c1-9-8-16(6-4-13-9)5-3-12(17)14-11-7-10(2)18-15-11;/h7,9,13H,3-6,8H2,1-2H3,(H,14,15,17);1H. The minimum atomic E-state index is -0.0190. The van der Waals surface area contributed by atoms with Gasteiger partial charge in [-0.1, -0.05) is 5.16 Å². The summed E-state index contributed by atoms with van der Waals surface area (Å²) in [7, 11) is 0. The summed E-state index contributed by atoms with van der Waals surface area (Å²) in [6.07, 6.45) is 0.485. The van der Waals surface area contributed by atoms with Gasteiger partial charge >= 0.3 is 0 Å². The summed E-state index contributed by atoms with van der Waals surface area (Å²) < 4.78 is 4.89. The molecule has 2 rings (SSSR count). The zero-order chi connectivity index (χ0) is 13.0. The smallest absolute Gasteiger partial charge is 0.226 e. The number of halogens is 1. The van der Waals surface area contributed by atoms with Crippen molar-refractivity contribution in [1.29, 1.82) is 0 Å². The van der Waals surface area contributed by atoms with Gasteiger partial charge in [0.2, 0.25) is 5.91 Å². The second-order valence-electron chi connectivity index (χ2n) is 4.78. The molecule has 1 fully saturated rings. The van der Waals surface area contributed by atoms with E-state index in [9.17, 15) is 4.79 Å². The number of anilines is 1. The summed E-state index contributed by atoms with van der Waals surface area (Å²) in [6.45, 7) is 7.73. The second-order valence-corrected chi connectivity index (χ2v) is 4.78. The monoisotopic (exact) mass is 288 g/mol. The Morgan fingerprint density at radius 2 is 2.47 bits per heavy atom. The predicted molar refractivity (Wildman–Crippen MR) is 75.6 cm³/mol. The molecule has 1 atom stereocenters. The normalized spacial score (nSPS) is 19.8. The van der Waals surface area contributed by atoms with Crippen molar-refractivity contribution in [3.8, 4) is 0 Å². The van der Waals surface area contributed by atoms with Gasteiger partial charge in [0.15, 0.2) is 5.82 Å². The van der Waals surface area contributed by atoms with E-state index in [0.29, 0.717) is 24.0 Å². The molecule has 0 radical (unpaired) electrons. The average molecular weight is 289 g/mol. The molecular weight excluding hydrogens is 268 g/mol. The average Bonchev–Trinajstić information content (AvgIpc) is 2.72. The molecule has 1 amide bonds. The van der Waals surface area contributed by atoms with Crippen LogP contribution in [0.25, 0.3) is 0 Å². The van der Waals surface area contributed by atoms with Gasteiger partial charge in [-0.05, 0) is 13.8 Å². The molecule has 0 aromatic carbocycles. The van der Waals surface area contributed by atoms with E-state index in [-0.39, 0.29) is 18.3 Å². The molecule has 0 aliphatic carbocycles. The van der Waals surface area contributed by atoms with Gasteiger partial charge in [-0.3, -0.25) is 4.79 Å². The fourth-order valence-corrected chi connectivity index (χ4v) is 2.11. The first-order valence-corrected chi connectivity index (χ1v) is 6.32. The number of nitrogens with zero attached hydrogens (tertiary/aromatic N) is 2. The van der Waals surface area contributed by atoms with E-state index in [4.69, 9.17) is 4.52 Å². The molecule has 0 saturated carbocycles. The molecule has 1 aromatic rings. The van der Waals surface area contributed by atoms with Gasteiger partial charge in [-0.2, -0.15) is 0 Å². The van der Waals surface area contributed by atoms with Gasteiger partial charge in [-0.25, -0.2) is 0 Å². The number of hydrogen-bond acceptors (Lipinski definition) is 5. The van der Waals surface area contributed by atoms with Crippen LogP contribution in [0.3, 0.4) is 0 Å². The third kappa shape index (κ3) is 5.18. The number of nitrogens with one attached hydrogen (secondary N) is 2. The van der Waals surface area contributed by atoms with Crippen molar-refractivity contribution in [1.82, 2.24) is 15.4 Å². The SMILES string of the molecule is Cc1cc(NC(=O)CCN2CCNC(C)C2)no1.Cl. The Labute approximate surface area is 119 Å². The Balaban J connectivity index is 0.00000180. The molecule has 7 heteroatoms. The summed E-state index contributed by atoms with van der Waals surface area (Å²) >= 11 is 0. The Hall–Kier alpha value is -1.11. The first-order valence-electron chi connectivity index (χ1n) is 6.32. The molecular formula is C12H21ClN4O2. The molecule has 19 heavy (non-hydrogen) atoms. The highest BCUT2D eigenvalue weighted by atomic mass is 35.5. The fourth-order valence-electron chi connectivity index (χ4n) is 2.11. The van der Waals surface area contributed by atoms with Crippen LogP contribution < -0.4 is 10.6 Å². The highest BCUT2D eigenvalue weighted by Gasteiger charge is 2.16. The number of carbonyl (C=O) groups excluding carboxylic acids is 1. The lowest BCUT2D eigenvalue weighted by Gasteiger charge is -2.31. The molecule has 0 bridgehead atoms. The van der Waals surface area contributed by atoms with Crippen molar-refractivity contribution in [2.75, 3.05) is 31.5 Å². The molecule has 1 aromatic heterocycles. The fraction of sp³-hybridized carbons (Fsp3) is 0.667. The van der Waals surface area contributed by atoms with Gasteiger partial charge in [0.1, 0.15) is 5.76 Å². The zero-order valence-electron chi connectivity index (χ0n) is 11.3. The van der Waals surface area contributed by atoms with Crippen LogP contribution in [-0.2, 0) is 4.79 Å². The van der Waals surface area contributed by atoms with Gasteiger partial charge in [0.05, 0.1) is 0 Å². The Bertz CT molecular complexity index is 410. The van der Waals surface area contributed by atoms with Gasteiger partial charge in [0.25, 0.3) is 0 Å². The van der Waals surface area contributed by atoms with Crippen molar-refractivity contribution in [2.24, 2.45) is 0 Å². The van der Waals surface area contributed by atoms with Gasteiger partial charge in [0, 0.05) is 44.7 Å². The number of piperazine rings is 1. The van der Waals surface area contributed by atoms with E-state index in [1.807, 2.05) is 0 Å². The summed E-state index contributed by atoms with van der Waals surface area (Å²) in [6, 6.07) is 2.21. The van der Waals surface area contributed by atoms with Crippen LogP contribution in [0.15, 0.2) is 10.6 Å². The van der Waals surface area contributed by atoms with Crippen LogP contribution in [0.5, 0.6) is 0 Å². The number of amides is 1. The molecule has 0 spiro atoms. The first kappa shape index (κ1) is 15.9. The van der Waals surface area contributed by atoms with Crippen molar-refractivity contribution < 1.29 is 9.32 Å². The highest BCUT2D eigenvalue weighted by Crippen LogP contribution is 2.07. The number of carbonyl (C=O) groups is 1. The minimum absolute atomic E-state index is 0. The van der Waals surface area contributed by atoms with Crippen molar-refractivity contribution in [3.63, 3.8) is 0 Å². The molecule has 2 N–H and O–H groups in total. The largest absolute Gasteiger partial charge is 0.360 e. The van der Waals surface area contributed by atoms with E-state index >= 15 is 0 Å². The topological polar surface area (TPSA) is 70.4 Å². The van der Waals surface area contributed by atoms with Crippen molar-refractivity contribution in [2.45, 2.75) is 26.3 Å². The van der Waals surface area contributed by atoms with Crippen molar-refractivity contribution in [3.05, 3.63) is 11.8 Å². The van der Waals surface area contributed by atoms with E-state index in [0.717, 1.165) is 26.2 Å². The molecule has 2 heterocycles.